The topological polar surface area (TPSA) is 21.3 Å². The summed E-state index contributed by atoms with van der Waals surface area (Å²) in [4.78, 5) is 0. The number of benzene rings is 2. The van der Waals surface area contributed by atoms with Crippen LogP contribution in [-0.2, 0) is 6.54 Å². The molecule has 106 valence electrons. The third kappa shape index (κ3) is 3.66. The van der Waals surface area contributed by atoms with Crippen molar-refractivity contribution in [2.75, 3.05) is 7.11 Å². The number of methoxy groups -OCH3 is 1. The molecule has 2 nitrogen and oxygen atoms in total. The number of halogens is 2. The van der Waals surface area contributed by atoms with Crippen molar-refractivity contribution in [3.63, 3.8) is 0 Å². The van der Waals surface area contributed by atoms with Gasteiger partial charge in [0.25, 0.3) is 0 Å². The van der Waals surface area contributed by atoms with E-state index in [1.54, 1.807) is 13.2 Å². The SMILES string of the molecule is COc1cccc(C(C)NCc2cccc(Cl)c2Cl)c1. The quantitative estimate of drug-likeness (QED) is 0.852. The molecule has 0 aliphatic heterocycles. The first-order valence-corrected chi connectivity index (χ1v) is 7.17. The van der Waals surface area contributed by atoms with E-state index >= 15 is 0 Å². The molecular formula is C16H17Cl2NO. The molecule has 0 bridgehead atoms. The van der Waals surface area contributed by atoms with Gasteiger partial charge in [0.1, 0.15) is 5.75 Å². The molecule has 20 heavy (non-hydrogen) atoms. The first-order valence-electron chi connectivity index (χ1n) is 6.42. The van der Waals surface area contributed by atoms with E-state index in [9.17, 15) is 0 Å². The van der Waals surface area contributed by atoms with Gasteiger partial charge in [-0.05, 0) is 36.2 Å². The highest BCUT2D eigenvalue weighted by Crippen LogP contribution is 2.26. The molecule has 2 rings (SSSR count). The van der Waals surface area contributed by atoms with Crippen LogP contribution in [-0.4, -0.2) is 7.11 Å². The van der Waals surface area contributed by atoms with Gasteiger partial charge in [0, 0.05) is 12.6 Å². The minimum absolute atomic E-state index is 0.195. The van der Waals surface area contributed by atoms with Gasteiger partial charge in [-0.25, -0.2) is 0 Å². The summed E-state index contributed by atoms with van der Waals surface area (Å²) in [5.74, 6) is 0.858. The summed E-state index contributed by atoms with van der Waals surface area (Å²) in [6, 6.07) is 13.9. The molecular weight excluding hydrogens is 293 g/mol. The van der Waals surface area contributed by atoms with Crippen LogP contribution < -0.4 is 10.1 Å². The molecule has 0 heterocycles. The van der Waals surface area contributed by atoms with Gasteiger partial charge in [-0.2, -0.15) is 0 Å². The van der Waals surface area contributed by atoms with Crippen molar-refractivity contribution in [1.82, 2.24) is 5.32 Å². The predicted molar refractivity (Wildman–Crippen MR) is 84.7 cm³/mol. The highest BCUT2D eigenvalue weighted by Gasteiger charge is 2.08. The van der Waals surface area contributed by atoms with E-state index in [1.807, 2.05) is 30.3 Å². The van der Waals surface area contributed by atoms with E-state index in [0.717, 1.165) is 11.3 Å². The summed E-state index contributed by atoms with van der Waals surface area (Å²) in [6.45, 7) is 2.77. The third-order valence-electron chi connectivity index (χ3n) is 3.22. The molecule has 0 amide bonds. The second kappa shape index (κ2) is 6.98. The smallest absolute Gasteiger partial charge is 0.119 e. The Morgan fingerprint density at radius 2 is 1.90 bits per heavy atom. The maximum Gasteiger partial charge on any atom is 0.119 e. The highest BCUT2D eigenvalue weighted by atomic mass is 35.5. The van der Waals surface area contributed by atoms with E-state index < -0.39 is 0 Å². The summed E-state index contributed by atoms with van der Waals surface area (Å²) >= 11 is 12.2. The lowest BCUT2D eigenvalue weighted by Gasteiger charge is -2.16. The Bertz CT molecular complexity index is 586. The van der Waals surface area contributed by atoms with E-state index in [4.69, 9.17) is 27.9 Å². The fourth-order valence-electron chi connectivity index (χ4n) is 1.98. The maximum absolute atomic E-state index is 6.18. The Kier molecular flexibility index (Phi) is 5.30. The standard InChI is InChI=1S/C16H17Cl2NO/c1-11(12-5-3-7-14(9-12)20-2)19-10-13-6-4-8-15(17)16(13)18/h3-9,11,19H,10H2,1-2H3. The van der Waals surface area contributed by atoms with Crippen LogP contribution in [0.2, 0.25) is 10.0 Å². The molecule has 0 aliphatic carbocycles. The molecule has 0 aromatic heterocycles. The van der Waals surface area contributed by atoms with E-state index in [-0.39, 0.29) is 6.04 Å². The molecule has 0 aliphatic rings. The average Bonchev–Trinajstić information content (AvgIpc) is 2.48. The Hall–Kier alpha value is -1.22. The Labute approximate surface area is 129 Å². The van der Waals surface area contributed by atoms with Crippen LogP contribution in [0.4, 0.5) is 0 Å². The zero-order valence-corrected chi connectivity index (χ0v) is 13.0. The molecule has 2 aromatic rings. The Morgan fingerprint density at radius 3 is 2.65 bits per heavy atom. The van der Waals surface area contributed by atoms with Gasteiger partial charge >= 0.3 is 0 Å². The van der Waals surface area contributed by atoms with Crippen molar-refractivity contribution in [1.29, 1.82) is 0 Å². The van der Waals surface area contributed by atoms with Crippen molar-refractivity contribution in [3.05, 3.63) is 63.6 Å². The van der Waals surface area contributed by atoms with Crippen LogP contribution in [0.15, 0.2) is 42.5 Å². The van der Waals surface area contributed by atoms with Crippen LogP contribution in [0.25, 0.3) is 0 Å². The van der Waals surface area contributed by atoms with Gasteiger partial charge in [0.15, 0.2) is 0 Å². The summed E-state index contributed by atoms with van der Waals surface area (Å²) in [5, 5.41) is 4.63. The van der Waals surface area contributed by atoms with Crippen molar-refractivity contribution in [2.24, 2.45) is 0 Å². The van der Waals surface area contributed by atoms with Crippen LogP contribution >= 0.6 is 23.2 Å². The summed E-state index contributed by atoms with van der Waals surface area (Å²) < 4.78 is 5.24. The minimum atomic E-state index is 0.195. The highest BCUT2D eigenvalue weighted by molar-refractivity contribution is 6.42. The fourth-order valence-corrected chi connectivity index (χ4v) is 2.36. The number of hydrogen-bond donors (Lipinski definition) is 1. The van der Waals surface area contributed by atoms with Crippen molar-refractivity contribution >= 4 is 23.2 Å². The first kappa shape index (κ1) is 15.2. The largest absolute Gasteiger partial charge is 0.497 e. The van der Waals surface area contributed by atoms with Gasteiger partial charge in [0.05, 0.1) is 17.2 Å². The second-order valence-electron chi connectivity index (χ2n) is 4.59. The number of nitrogens with one attached hydrogen (secondary N) is 1. The van der Waals surface area contributed by atoms with Gasteiger partial charge in [-0.3, -0.25) is 0 Å². The first-order chi connectivity index (χ1) is 9.61. The molecule has 1 unspecified atom stereocenters. The molecule has 2 aromatic carbocycles. The molecule has 1 atom stereocenters. The van der Waals surface area contributed by atoms with Crippen LogP contribution in [0, 0.1) is 0 Å². The third-order valence-corrected chi connectivity index (χ3v) is 4.08. The zero-order chi connectivity index (χ0) is 14.5. The molecule has 0 spiro atoms. The monoisotopic (exact) mass is 309 g/mol. The lowest BCUT2D eigenvalue weighted by Crippen LogP contribution is -2.18. The van der Waals surface area contributed by atoms with E-state index in [2.05, 4.69) is 18.3 Å². The van der Waals surface area contributed by atoms with E-state index in [0.29, 0.717) is 16.6 Å². The molecule has 0 fully saturated rings. The normalized spacial score (nSPS) is 12.2. The average molecular weight is 310 g/mol. The van der Waals surface area contributed by atoms with Crippen molar-refractivity contribution in [2.45, 2.75) is 19.5 Å². The Balaban J connectivity index is 2.04. The maximum atomic E-state index is 6.18. The summed E-state index contributed by atoms with van der Waals surface area (Å²) in [5.41, 5.74) is 2.16. The predicted octanol–water partition coefficient (Wildman–Crippen LogP) is 4.85. The van der Waals surface area contributed by atoms with Crippen LogP contribution in [0.1, 0.15) is 24.1 Å². The second-order valence-corrected chi connectivity index (χ2v) is 5.38. The lowest BCUT2D eigenvalue weighted by atomic mass is 10.1. The van der Waals surface area contributed by atoms with Gasteiger partial charge in [-0.1, -0.05) is 47.5 Å². The van der Waals surface area contributed by atoms with Gasteiger partial charge < -0.3 is 10.1 Å². The minimum Gasteiger partial charge on any atom is -0.497 e. The molecule has 1 N–H and O–H groups in total. The molecule has 0 saturated carbocycles. The zero-order valence-electron chi connectivity index (χ0n) is 11.5. The lowest BCUT2D eigenvalue weighted by molar-refractivity contribution is 0.413. The number of rotatable bonds is 5. The van der Waals surface area contributed by atoms with Gasteiger partial charge in [0.2, 0.25) is 0 Å². The van der Waals surface area contributed by atoms with Crippen LogP contribution in [0.3, 0.4) is 0 Å². The van der Waals surface area contributed by atoms with Crippen molar-refractivity contribution < 1.29 is 4.74 Å². The van der Waals surface area contributed by atoms with Crippen LogP contribution in [0.5, 0.6) is 5.75 Å². The Morgan fingerprint density at radius 1 is 1.15 bits per heavy atom. The molecule has 4 heteroatoms. The molecule has 0 saturated heterocycles. The number of hydrogen-bond acceptors (Lipinski definition) is 2. The van der Waals surface area contributed by atoms with Crippen molar-refractivity contribution in [3.8, 4) is 5.75 Å². The fraction of sp³-hybridized carbons (Fsp3) is 0.250. The summed E-state index contributed by atoms with van der Waals surface area (Å²) in [7, 11) is 1.67. The van der Waals surface area contributed by atoms with E-state index in [1.165, 1.54) is 5.56 Å². The summed E-state index contributed by atoms with van der Waals surface area (Å²) in [6.07, 6.45) is 0. The van der Waals surface area contributed by atoms with Gasteiger partial charge in [-0.15, -0.1) is 0 Å². The molecule has 0 radical (unpaired) electrons. The number of ether oxygens (including phenoxy) is 1.